The van der Waals surface area contributed by atoms with Crippen molar-refractivity contribution in [1.29, 1.82) is 0 Å². The van der Waals surface area contributed by atoms with Gasteiger partial charge in [0.15, 0.2) is 0 Å². The molecule has 3 N–H and O–H groups in total. The molecule has 1 aromatic rings. The number of rotatable bonds is 4. The second kappa shape index (κ2) is 4.76. The van der Waals surface area contributed by atoms with Crippen LogP contribution in [0.5, 0.6) is 0 Å². The van der Waals surface area contributed by atoms with Crippen molar-refractivity contribution in [3.05, 3.63) is 17.5 Å². The summed E-state index contributed by atoms with van der Waals surface area (Å²) in [7, 11) is 0. The van der Waals surface area contributed by atoms with Gasteiger partial charge in [-0.15, -0.1) is 0 Å². The van der Waals surface area contributed by atoms with E-state index < -0.39 is 0 Å². The molecule has 1 heterocycles. The molecule has 0 fully saturated rings. The smallest absolute Gasteiger partial charge is 0.219 e. The first-order valence-electron chi connectivity index (χ1n) is 4.10. The summed E-state index contributed by atoms with van der Waals surface area (Å²) in [6.45, 7) is 1.83. The van der Waals surface area contributed by atoms with Crippen molar-refractivity contribution >= 4 is 23.3 Å². The number of amides is 1. The summed E-state index contributed by atoms with van der Waals surface area (Å²) in [4.78, 5) is 18.2. The molecule has 6 heteroatoms. The van der Waals surface area contributed by atoms with Crippen molar-refractivity contribution in [2.75, 3.05) is 5.32 Å². The molecule has 1 atom stereocenters. The van der Waals surface area contributed by atoms with Crippen molar-refractivity contribution < 1.29 is 4.79 Å². The molecule has 1 aromatic heterocycles. The van der Waals surface area contributed by atoms with Crippen LogP contribution in [0.1, 0.15) is 13.3 Å². The minimum Gasteiger partial charge on any atom is -0.370 e. The average Bonchev–Trinajstić information content (AvgIpc) is 2.01. The zero-order chi connectivity index (χ0) is 10.6. The van der Waals surface area contributed by atoms with Crippen molar-refractivity contribution in [3.8, 4) is 0 Å². The fourth-order valence-corrected chi connectivity index (χ4v) is 1.16. The van der Waals surface area contributed by atoms with Gasteiger partial charge in [-0.25, -0.2) is 9.97 Å². The molecule has 0 aliphatic rings. The monoisotopic (exact) mass is 214 g/mol. The summed E-state index contributed by atoms with van der Waals surface area (Å²) in [5.74, 6) is 0.226. The second-order valence-electron chi connectivity index (χ2n) is 2.94. The van der Waals surface area contributed by atoms with Gasteiger partial charge in [0.25, 0.3) is 0 Å². The molecule has 1 rings (SSSR count). The third-order valence-corrected chi connectivity index (χ3v) is 1.74. The van der Waals surface area contributed by atoms with Crippen molar-refractivity contribution in [2.45, 2.75) is 19.4 Å². The molecule has 1 amide bonds. The van der Waals surface area contributed by atoms with Crippen LogP contribution < -0.4 is 11.1 Å². The molecule has 0 aliphatic heterocycles. The van der Waals surface area contributed by atoms with Gasteiger partial charge in [0.1, 0.15) is 17.3 Å². The number of nitrogens with zero attached hydrogens (tertiary/aromatic N) is 2. The molecule has 0 aliphatic carbocycles. The minimum atomic E-state index is -0.356. The van der Waals surface area contributed by atoms with Crippen LogP contribution in [0.4, 0.5) is 5.82 Å². The Hall–Kier alpha value is -1.36. The summed E-state index contributed by atoms with van der Waals surface area (Å²) >= 11 is 5.65. The number of carbonyl (C=O) groups is 1. The van der Waals surface area contributed by atoms with E-state index in [9.17, 15) is 4.79 Å². The second-order valence-corrected chi connectivity index (χ2v) is 3.33. The van der Waals surface area contributed by atoms with Crippen LogP contribution in [0.3, 0.4) is 0 Å². The van der Waals surface area contributed by atoms with Gasteiger partial charge in [-0.2, -0.15) is 0 Å². The number of carbonyl (C=O) groups excluding carboxylic acids is 1. The van der Waals surface area contributed by atoms with Crippen LogP contribution in [0.25, 0.3) is 0 Å². The maximum absolute atomic E-state index is 10.6. The molecule has 5 nitrogen and oxygen atoms in total. The fraction of sp³-hybridized carbons (Fsp3) is 0.375. The largest absolute Gasteiger partial charge is 0.370 e. The third kappa shape index (κ3) is 3.57. The van der Waals surface area contributed by atoms with E-state index in [0.717, 1.165) is 0 Å². The number of anilines is 1. The van der Waals surface area contributed by atoms with E-state index in [1.165, 1.54) is 6.33 Å². The predicted molar refractivity (Wildman–Crippen MR) is 53.9 cm³/mol. The Morgan fingerprint density at radius 1 is 1.71 bits per heavy atom. The molecular formula is C8H11ClN4O. The van der Waals surface area contributed by atoms with Crippen LogP contribution in [-0.4, -0.2) is 21.9 Å². The fourth-order valence-electron chi connectivity index (χ4n) is 1.02. The first-order chi connectivity index (χ1) is 6.58. The number of nitrogens with one attached hydrogen (secondary N) is 1. The molecule has 0 saturated carbocycles. The van der Waals surface area contributed by atoms with Gasteiger partial charge in [-0.05, 0) is 6.92 Å². The van der Waals surface area contributed by atoms with Gasteiger partial charge in [0, 0.05) is 18.5 Å². The van der Waals surface area contributed by atoms with Crippen molar-refractivity contribution in [2.24, 2.45) is 5.73 Å². The van der Waals surface area contributed by atoms with Gasteiger partial charge in [-0.1, -0.05) is 11.6 Å². The Balaban J connectivity index is 2.55. The SMILES string of the molecule is CC(CC(N)=O)Nc1cc(Cl)ncn1. The zero-order valence-electron chi connectivity index (χ0n) is 7.70. The summed E-state index contributed by atoms with van der Waals surface area (Å²) in [5.41, 5.74) is 5.04. The Morgan fingerprint density at radius 2 is 2.43 bits per heavy atom. The van der Waals surface area contributed by atoms with E-state index in [4.69, 9.17) is 17.3 Å². The van der Waals surface area contributed by atoms with Crippen LogP contribution >= 0.6 is 11.6 Å². The number of hydrogen-bond acceptors (Lipinski definition) is 4. The summed E-state index contributed by atoms with van der Waals surface area (Å²) in [6.07, 6.45) is 1.60. The van der Waals surface area contributed by atoms with E-state index in [-0.39, 0.29) is 18.4 Å². The number of nitrogens with two attached hydrogens (primary N) is 1. The van der Waals surface area contributed by atoms with E-state index >= 15 is 0 Å². The van der Waals surface area contributed by atoms with Gasteiger partial charge in [-0.3, -0.25) is 4.79 Å². The highest BCUT2D eigenvalue weighted by Gasteiger charge is 2.06. The highest BCUT2D eigenvalue weighted by Crippen LogP contribution is 2.10. The van der Waals surface area contributed by atoms with Crippen LogP contribution in [0.15, 0.2) is 12.4 Å². The van der Waals surface area contributed by atoms with E-state index in [2.05, 4.69) is 15.3 Å². The average molecular weight is 215 g/mol. The van der Waals surface area contributed by atoms with Crippen molar-refractivity contribution in [3.63, 3.8) is 0 Å². The van der Waals surface area contributed by atoms with E-state index in [0.29, 0.717) is 11.0 Å². The Labute approximate surface area is 86.7 Å². The molecule has 0 saturated heterocycles. The first kappa shape index (κ1) is 10.7. The lowest BCUT2D eigenvalue weighted by molar-refractivity contribution is -0.118. The molecule has 0 bridgehead atoms. The quantitative estimate of drug-likeness (QED) is 0.727. The van der Waals surface area contributed by atoms with Gasteiger partial charge < -0.3 is 11.1 Å². The summed E-state index contributed by atoms with van der Waals surface area (Å²) in [5, 5.41) is 3.33. The van der Waals surface area contributed by atoms with Crippen molar-refractivity contribution in [1.82, 2.24) is 9.97 Å². The highest BCUT2D eigenvalue weighted by atomic mass is 35.5. The topological polar surface area (TPSA) is 80.9 Å². The Kier molecular flexibility index (Phi) is 3.64. The van der Waals surface area contributed by atoms with Crippen LogP contribution in [-0.2, 0) is 4.79 Å². The van der Waals surface area contributed by atoms with E-state index in [1.807, 2.05) is 6.92 Å². The van der Waals surface area contributed by atoms with Gasteiger partial charge in [0.05, 0.1) is 0 Å². The Bertz CT molecular complexity index is 331. The number of halogens is 1. The maximum atomic E-state index is 10.6. The molecule has 0 radical (unpaired) electrons. The molecular weight excluding hydrogens is 204 g/mol. The highest BCUT2D eigenvalue weighted by molar-refractivity contribution is 6.29. The predicted octanol–water partition coefficient (Wildman–Crippen LogP) is 0.806. The lowest BCUT2D eigenvalue weighted by atomic mass is 10.2. The number of hydrogen-bond donors (Lipinski definition) is 2. The lowest BCUT2D eigenvalue weighted by Crippen LogP contribution is -2.24. The number of aromatic nitrogens is 2. The summed E-state index contributed by atoms with van der Waals surface area (Å²) in [6, 6.07) is 1.51. The number of primary amides is 1. The van der Waals surface area contributed by atoms with Gasteiger partial charge in [0.2, 0.25) is 5.91 Å². The molecule has 14 heavy (non-hydrogen) atoms. The molecule has 1 unspecified atom stereocenters. The van der Waals surface area contributed by atoms with Crippen LogP contribution in [0, 0.1) is 0 Å². The molecule has 76 valence electrons. The normalized spacial score (nSPS) is 12.1. The zero-order valence-corrected chi connectivity index (χ0v) is 8.45. The first-order valence-corrected chi connectivity index (χ1v) is 4.48. The molecule has 0 spiro atoms. The van der Waals surface area contributed by atoms with Gasteiger partial charge >= 0.3 is 0 Å². The summed E-state index contributed by atoms with van der Waals surface area (Å²) < 4.78 is 0. The maximum Gasteiger partial charge on any atom is 0.219 e. The third-order valence-electron chi connectivity index (χ3n) is 1.54. The lowest BCUT2D eigenvalue weighted by Gasteiger charge is -2.11. The minimum absolute atomic E-state index is 0.0709. The Morgan fingerprint density at radius 3 is 3.00 bits per heavy atom. The molecule has 0 aromatic carbocycles. The van der Waals surface area contributed by atoms with E-state index in [1.54, 1.807) is 6.07 Å². The van der Waals surface area contributed by atoms with Crippen LogP contribution in [0.2, 0.25) is 5.15 Å². The standard InChI is InChI=1S/C8H11ClN4O/c1-5(2-7(10)14)13-8-3-6(9)11-4-12-8/h3-5H,2H2,1H3,(H2,10,14)(H,11,12,13).